The van der Waals surface area contributed by atoms with E-state index in [0.29, 0.717) is 11.8 Å². The Morgan fingerprint density at radius 2 is 1.89 bits per heavy atom. The summed E-state index contributed by atoms with van der Waals surface area (Å²) in [6.07, 6.45) is 3.46. The molecule has 140 valence electrons. The SMILES string of the molecule is CC(=O)N(C)c1ccc(Nc2nccc(Nc3cccc4[nH]ncc34)n2)cc1. The summed E-state index contributed by atoms with van der Waals surface area (Å²) in [5.74, 6) is 1.12. The Morgan fingerprint density at radius 1 is 1.07 bits per heavy atom. The number of carbonyl (C=O) groups excluding carboxylic acids is 1. The molecule has 1 amide bonds. The molecule has 0 saturated heterocycles. The maximum absolute atomic E-state index is 11.4. The minimum atomic E-state index is -0.0181. The highest BCUT2D eigenvalue weighted by Crippen LogP contribution is 2.25. The van der Waals surface area contributed by atoms with Crippen molar-refractivity contribution in [3.63, 3.8) is 0 Å². The van der Waals surface area contributed by atoms with Crippen molar-refractivity contribution in [2.24, 2.45) is 0 Å². The molecule has 0 spiro atoms. The Bertz CT molecular complexity index is 1120. The van der Waals surface area contributed by atoms with E-state index in [2.05, 4.69) is 30.8 Å². The standard InChI is InChI=1S/C20H19N7O/c1-13(28)27(2)15-8-6-14(7-9-15)23-20-21-11-10-19(25-20)24-17-4-3-5-18-16(17)12-22-26-18/h3-12H,1-2H3,(H,22,26)(H2,21,23,24,25). The molecule has 8 nitrogen and oxygen atoms in total. The molecular weight excluding hydrogens is 354 g/mol. The summed E-state index contributed by atoms with van der Waals surface area (Å²) in [6, 6.07) is 15.2. The van der Waals surface area contributed by atoms with Gasteiger partial charge >= 0.3 is 0 Å². The summed E-state index contributed by atoms with van der Waals surface area (Å²) in [4.78, 5) is 21.8. The molecule has 8 heteroatoms. The number of rotatable bonds is 5. The lowest BCUT2D eigenvalue weighted by Crippen LogP contribution is -2.22. The van der Waals surface area contributed by atoms with Crippen molar-refractivity contribution in [1.29, 1.82) is 0 Å². The first-order chi connectivity index (χ1) is 13.6. The van der Waals surface area contributed by atoms with Crippen LogP contribution in [0.5, 0.6) is 0 Å². The van der Waals surface area contributed by atoms with Crippen molar-refractivity contribution in [3.05, 3.63) is 60.9 Å². The van der Waals surface area contributed by atoms with E-state index in [4.69, 9.17) is 0 Å². The van der Waals surface area contributed by atoms with Crippen LogP contribution in [-0.2, 0) is 4.79 Å². The van der Waals surface area contributed by atoms with Crippen LogP contribution in [0.2, 0.25) is 0 Å². The van der Waals surface area contributed by atoms with Crippen LogP contribution in [0.4, 0.5) is 28.8 Å². The van der Waals surface area contributed by atoms with E-state index in [1.807, 2.05) is 42.5 Å². The molecule has 2 aromatic heterocycles. The first-order valence-electron chi connectivity index (χ1n) is 8.74. The average Bonchev–Trinajstić information content (AvgIpc) is 3.18. The number of nitrogens with zero attached hydrogens (tertiary/aromatic N) is 4. The maximum Gasteiger partial charge on any atom is 0.229 e. The van der Waals surface area contributed by atoms with Crippen LogP contribution >= 0.6 is 0 Å². The van der Waals surface area contributed by atoms with Crippen molar-refractivity contribution in [2.75, 3.05) is 22.6 Å². The van der Waals surface area contributed by atoms with E-state index in [0.717, 1.165) is 28.0 Å². The lowest BCUT2D eigenvalue weighted by atomic mass is 10.2. The number of aromatic nitrogens is 4. The number of hydrogen-bond acceptors (Lipinski definition) is 6. The molecular formula is C20H19N7O. The second-order valence-electron chi connectivity index (χ2n) is 6.28. The molecule has 0 aliphatic heterocycles. The summed E-state index contributed by atoms with van der Waals surface area (Å²) in [5.41, 5.74) is 3.51. The number of hydrogen-bond donors (Lipinski definition) is 3. The van der Waals surface area contributed by atoms with Gasteiger partial charge in [0.15, 0.2) is 0 Å². The van der Waals surface area contributed by atoms with Crippen molar-refractivity contribution in [3.8, 4) is 0 Å². The lowest BCUT2D eigenvalue weighted by molar-refractivity contribution is -0.116. The smallest absolute Gasteiger partial charge is 0.229 e. The van der Waals surface area contributed by atoms with Gasteiger partial charge in [-0.1, -0.05) is 6.07 Å². The van der Waals surface area contributed by atoms with Crippen LogP contribution < -0.4 is 15.5 Å². The zero-order valence-corrected chi connectivity index (χ0v) is 15.5. The van der Waals surface area contributed by atoms with Gasteiger partial charge in [-0.15, -0.1) is 0 Å². The normalized spacial score (nSPS) is 10.6. The third kappa shape index (κ3) is 3.61. The Balaban J connectivity index is 1.51. The summed E-state index contributed by atoms with van der Waals surface area (Å²) < 4.78 is 0. The van der Waals surface area contributed by atoms with Crippen molar-refractivity contribution in [1.82, 2.24) is 20.2 Å². The fourth-order valence-corrected chi connectivity index (χ4v) is 2.78. The number of H-pyrrole nitrogens is 1. The van der Waals surface area contributed by atoms with E-state index >= 15 is 0 Å². The van der Waals surface area contributed by atoms with Gasteiger partial charge in [0.2, 0.25) is 11.9 Å². The monoisotopic (exact) mass is 373 g/mol. The van der Waals surface area contributed by atoms with Crippen LogP contribution in [0.3, 0.4) is 0 Å². The Hall–Kier alpha value is -3.94. The molecule has 4 aromatic rings. The van der Waals surface area contributed by atoms with Crippen LogP contribution in [0.25, 0.3) is 10.9 Å². The fourth-order valence-electron chi connectivity index (χ4n) is 2.78. The minimum absolute atomic E-state index is 0.0181. The van der Waals surface area contributed by atoms with Crippen molar-refractivity contribution in [2.45, 2.75) is 6.92 Å². The summed E-state index contributed by atoms with van der Waals surface area (Å²) in [6.45, 7) is 1.53. The first kappa shape index (κ1) is 17.5. The van der Waals surface area contributed by atoms with Gasteiger partial charge in [0.1, 0.15) is 5.82 Å². The van der Waals surface area contributed by atoms with E-state index in [-0.39, 0.29) is 5.91 Å². The van der Waals surface area contributed by atoms with Gasteiger partial charge in [-0.3, -0.25) is 9.89 Å². The van der Waals surface area contributed by atoms with Gasteiger partial charge < -0.3 is 15.5 Å². The number of amides is 1. The zero-order valence-electron chi connectivity index (χ0n) is 15.5. The molecule has 0 atom stereocenters. The minimum Gasteiger partial charge on any atom is -0.339 e. The third-order valence-corrected chi connectivity index (χ3v) is 4.39. The van der Waals surface area contributed by atoms with E-state index in [1.54, 1.807) is 30.4 Å². The topological polar surface area (TPSA) is 98.8 Å². The second kappa shape index (κ2) is 7.36. The number of fused-ring (bicyclic) bond motifs is 1. The number of nitrogens with one attached hydrogen (secondary N) is 3. The molecule has 0 saturated carbocycles. The van der Waals surface area contributed by atoms with E-state index < -0.39 is 0 Å². The molecule has 3 N–H and O–H groups in total. The second-order valence-corrected chi connectivity index (χ2v) is 6.28. The van der Waals surface area contributed by atoms with Crippen LogP contribution in [-0.4, -0.2) is 33.1 Å². The molecule has 0 aliphatic rings. The molecule has 0 aliphatic carbocycles. The first-order valence-corrected chi connectivity index (χ1v) is 8.74. The summed E-state index contributed by atoms with van der Waals surface area (Å²) in [7, 11) is 1.74. The maximum atomic E-state index is 11.4. The largest absolute Gasteiger partial charge is 0.339 e. The summed E-state index contributed by atoms with van der Waals surface area (Å²) in [5, 5.41) is 14.5. The van der Waals surface area contributed by atoms with Gasteiger partial charge in [-0.05, 0) is 42.5 Å². The molecule has 0 radical (unpaired) electrons. The molecule has 4 rings (SSSR count). The van der Waals surface area contributed by atoms with E-state index in [9.17, 15) is 4.79 Å². The number of carbonyl (C=O) groups is 1. The predicted octanol–water partition coefficient (Wildman–Crippen LogP) is 3.82. The highest BCUT2D eigenvalue weighted by molar-refractivity contribution is 5.92. The van der Waals surface area contributed by atoms with Crippen LogP contribution in [0.1, 0.15) is 6.92 Å². The Labute approximate surface area is 161 Å². The molecule has 0 bridgehead atoms. The molecule has 2 heterocycles. The molecule has 0 unspecified atom stereocenters. The third-order valence-electron chi connectivity index (χ3n) is 4.39. The van der Waals surface area contributed by atoms with E-state index in [1.165, 1.54) is 6.92 Å². The molecule has 28 heavy (non-hydrogen) atoms. The van der Waals surface area contributed by atoms with Gasteiger partial charge in [-0.25, -0.2) is 4.98 Å². The highest BCUT2D eigenvalue weighted by atomic mass is 16.2. The molecule has 2 aromatic carbocycles. The number of benzene rings is 2. The van der Waals surface area contributed by atoms with Crippen LogP contribution in [0, 0.1) is 0 Å². The number of aromatic amines is 1. The van der Waals surface area contributed by atoms with Gasteiger partial charge in [-0.2, -0.15) is 10.1 Å². The van der Waals surface area contributed by atoms with Gasteiger partial charge in [0, 0.05) is 36.9 Å². The zero-order chi connectivity index (χ0) is 19.5. The van der Waals surface area contributed by atoms with Crippen LogP contribution in [0.15, 0.2) is 60.9 Å². The van der Waals surface area contributed by atoms with Gasteiger partial charge in [0.05, 0.1) is 17.4 Å². The van der Waals surface area contributed by atoms with Crippen molar-refractivity contribution < 1.29 is 4.79 Å². The average molecular weight is 373 g/mol. The quantitative estimate of drug-likeness (QED) is 0.492. The highest BCUT2D eigenvalue weighted by Gasteiger charge is 2.07. The van der Waals surface area contributed by atoms with Crippen molar-refractivity contribution >= 4 is 45.6 Å². The Morgan fingerprint density at radius 3 is 2.68 bits per heavy atom. The summed E-state index contributed by atoms with van der Waals surface area (Å²) >= 11 is 0. The lowest BCUT2D eigenvalue weighted by Gasteiger charge is -2.15. The Kier molecular flexibility index (Phi) is 4.59. The van der Waals surface area contributed by atoms with Gasteiger partial charge in [0.25, 0.3) is 0 Å². The fraction of sp³-hybridized carbons (Fsp3) is 0.100. The predicted molar refractivity (Wildman–Crippen MR) is 110 cm³/mol. The number of anilines is 5. The molecule has 0 fully saturated rings.